The zero-order chi connectivity index (χ0) is 21.6. The zero-order valence-corrected chi connectivity index (χ0v) is 17.2. The molecule has 31 heavy (non-hydrogen) atoms. The van der Waals surface area contributed by atoms with E-state index >= 15 is 0 Å². The standard InChI is InChI=1S/C25H23N3O3/c1-17-15-24(30)28-25(26-17)19-9-4-10-20(16-19)27-23(29)13-6-14-31-22-12-5-8-18-7-2-3-11-21(18)22/h2-5,7-12,15-16H,6,13-14H2,1H3,(H,27,29)(H,26,28,30). The van der Waals surface area contributed by atoms with Crippen molar-refractivity contribution in [1.82, 2.24) is 9.97 Å². The summed E-state index contributed by atoms with van der Waals surface area (Å²) in [5.74, 6) is 1.21. The Balaban J connectivity index is 1.32. The average Bonchev–Trinajstić information content (AvgIpc) is 2.76. The van der Waals surface area contributed by atoms with Gasteiger partial charge in [-0.15, -0.1) is 0 Å². The van der Waals surface area contributed by atoms with Crippen LogP contribution >= 0.6 is 0 Å². The smallest absolute Gasteiger partial charge is 0.251 e. The number of carbonyl (C=O) groups excluding carboxylic acids is 1. The number of hydrogen-bond acceptors (Lipinski definition) is 4. The Bertz CT molecular complexity index is 1270. The molecule has 0 bridgehead atoms. The Hall–Kier alpha value is -3.93. The van der Waals surface area contributed by atoms with Gasteiger partial charge in [0.05, 0.1) is 6.61 Å². The van der Waals surface area contributed by atoms with Crippen molar-refractivity contribution in [2.45, 2.75) is 19.8 Å². The predicted molar refractivity (Wildman–Crippen MR) is 122 cm³/mol. The van der Waals surface area contributed by atoms with Gasteiger partial charge in [-0.25, -0.2) is 4.98 Å². The number of aromatic nitrogens is 2. The van der Waals surface area contributed by atoms with Gasteiger partial charge < -0.3 is 15.0 Å². The summed E-state index contributed by atoms with van der Waals surface area (Å²) >= 11 is 0. The first-order chi connectivity index (χ1) is 15.1. The van der Waals surface area contributed by atoms with Crippen molar-refractivity contribution in [3.8, 4) is 17.1 Å². The van der Waals surface area contributed by atoms with Crippen molar-refractivity contribution in [1.29, 1.82) is 0 Å². The molecule has 0 radical (unpaired) electrons. The second-order valence-electron chi connectivity index (χ2n) is 7.29. The fourth-order valence-electron chi connectivity index (χ4n) is 3.42. The van der Waals surface area contributed by atoms with Crippen LogP contribution in [0.4, 0.5) is 5.69 Å². The lowest BCUT2D eigenvalue weighted by Crippen LogP contribution is -2.13. The van der Waals surface area contributed by atoms with Gasteiger partial charge in [-0.1, -0.05) is 48.5 Å². The molecule has 0 atom stereocenters. The molecule has 0 unspecified atom stereocenters. The molecule has 1 heterocycles. The number of ether oxygens (including phenoxy) is 1. The maximum absolute atomic E-state index is 12.4. The Morgan fingerprint density at radius 1 is 1.03 bits per heavy atom. The van der Waals surface area contributed by atoms with Gasteiger partial charge >= 0.3 is 0 Å². The number of aryl methyl sites for hydroxylation is 1. The number of fused-ring (bicyclic) bond motifs is 1. The van der Waals surface area contributed by atoms with E-state index in [1.165, 1.54) is 6.07 Å². The summed E-state index contributed by atoms with van der Waals surface area (Å²) in [4.78, 5) is 31.1. The minimum atomic E-state index is -0.205. The van der Waals surface area contributed by atoms with E-state index in [1.54, 1.807) is 13.0 Å². The Kier molecular flexibility index (Phi) is 6.08. The van der Waals surface area contributed by atoms with Gasteiger partial charge in [-0.05, 0) is 36.9 Å². The normalized spacial score (nSPS) is 10.7. The summed E-state index contributed by atoms with van der Waals surface area (Å²) in [6.07, 6.45) is 0.940. The van der Waals surface area contributed by atoms with Gasteiger partial charge in [0.25, 0.3) is 5.56 Å². The Labute approximate surface area is 179 Å². The summed E-state index contributed by atoms with van der Waals surface area (Å²) < 4.78 is 5.90. The van der Waals surface area contributed by atoms with Crippen LogP contribution in [0.1, 0.15) is 18.5 Å². The van der Waals surface area contributed by atoms with Crippen LogP contribution in [0.5, 0.6) is 5.75 Å². The van der Waals surface area contributed by atoms with Crippen LogP contribution < -0.4 is 15.6 Å². The molecule has 6 heteroatoms. The van der Waals surface area contributed by atoms with Crippen LogP contribution in [0.2, 0.25) is 0 Å². The van der Waals surface area contributed by atoms with Crippen LogP contribution in [-0.4, -0.2) is 22.5 Å². The van der Waals surface area contributed by atoms with Crippen LogP contribution in [0.25, 0.3) is 22.2 Å². The molecular weight excluding hydrogens is 390 g/mol. The molecule has 1 amide bonds. The number of rotatable bonds is 7. The second-order valence-corrected chi connectivity index (χ2v) is 7.29. The molecule has 156 valence electrons. The quantitative estimate of drug-likeness (QED) is 0.430. The minimum Gasteiger partial charge on any atom is -0.493 e. The lowest BCUT2D eigenvalue weighted by Gasteiger charge is -2.10. The topological polar surface area (TPSA) is 84.1 Å². The molecular formula is C25H23N3O3. The largest absolute Gasteiger partial charge is 0.493 e. The molecule has 0 aliphatic heterocycles. The van der Waals surface area contributed by atoms with Crippen molar-refractivity contribution in [2.75, 3.05) is 11.9 Å². The summed E-state index contributed by atoms with van der Waals surface area (Å²) in [6, 6.07) is 22.7. The molecule has 0 saturated heterocycles. The predicted octanol–water partition coefficient (Wildman–Crippen LogP) is 4.70. The number of amides is 1. The maximum Gasteiger partial charge on any atom is 0.251 e. The maximum atomic E-state index is 12.4. The monoisotopic (exact) mass is 413 g/mol. The van der Waals surface area contributed by atoms with E-state index < -0.39 is 0 Å². The number of nitrogens with one attached hydrogen (secondary N) is 2. The summed E-state index contributed by atoms with van der Waals surface area (Å²) in [5.41, 5.74) is 1.82. The number of aromatic amines is 1. The van der Waals surface area contributed by atoms with E-state index in [0.29, 0.717) is 36.7 Å². The molecule has 4 aromatic rings. The molecule has 1 aromatic heterocycles. The summed E-state index contributed by atoms with van der Waals surface area (Å²) in [7, 11) is 0. The number of H-pyrrole nitrogens is 1. The highest BCUT2D eigenvalue weighted by Crippen LogP contribution is 2.25. The van der Waals surface area contributed by atoms with E-state index in [2.05, 4.69) is 15.3 Å². The number of anilines is 1. The van der Waals surface area contributed by atoms with Crippen molar-refractivity contribution in [2.24, 2.45) is 0 Å². The van der Waals surface area contributed by atoms with Crippen LogP contribution in [0, 0.1) is 6.92 Å². The van der Waals surface area contributed by atoms with E-state index in [1.807, 2.05) is 60.7 Å². The fourth-order valence-corrected chi connectivity index (χ4v) is 3.42. The van der Waals surface area contributed by atoms with Crippen molar-refractivity contribution >= 4 is 22.4 Å². The lowest BCUT2D eigenvalue weighted by atomic mass is 10.1. The van der Waals surface area contributed by atoms with Crippen molar-refractivity contribution in [3.05, 3.63) is 88.8 Å². The minimum absolute atomic E-state index is 0.0932. The molecule has 0 spiro atoms. The van der Waals surface area contributed by atoms with Crippen molar-refractivity contribution in [3.63, 3.8) is 0 Å². The molecule has 3 aromatic carbocycles. The highest BCUT2D eigenvalue weighted by Gasteiger charge is 2.07. The SMILES string of the molecule is Cc1cc(=O)[nH]c(-c2cccc(NC(=O)CCCOc3cccc4ccccc34)c2)n1. The Morgan fingerprint density at radius 3 is 2.71 bits per heavy atom. The molecule has 0 saturated carbocycles. The third-order valence-electron chi connectivity index (χ3n) is 4.84. The molecule has 4 rings (SSSR count). The van der Waals surface area contributed by atoms with Crippen LogP contribution in [0.3, 0.4) is 0 Å². The van der Waals surface area contributed by atoms with Crippen LogP contribution in [-0.2, 0) is 4.79 Å². The van der Waals surface area contributed by atoms with E-state index in [4.69, 9.17) is 4.74 Å². The summed E-state index contributed by atoms with van der Waals surface area (Å²) in [6.45, 7) is 2.22. The first kappa shape index (κ1) is 20.3. The highest BCUT2D eigenvalue weighted by atomic mass is 16.5. The first-order valence-electron chi connectivity index (χ1n) is 10.2. The highest BCUT2D eigenvalue weighted by molar-refractivity contribution is 5.91. The molecule has 0 aliphatic carbocycles. The van der Waals surface area contributed by atoms with Crippen molar-refractivity contribution < 1.29 is 9.53 Å². The molecule has 0 fully saturated rings. The van der Waals surface area contributed by atoms with Gasteiger partial charge in [-0.2, -0.15) is 0 Å². The number of hydrogen-bond donors (Lipinski definition) is 2. The third-order valence-corrected chi connectivity index (χ3v) is 4.84. The van der Waals surface area contributed by atoms with Gasteiger partial charge in [-0.3, -0.25) is 9.59 Å². The average molecular weight is 413 g/mol. The fraction of sp³-hybridized carbons (Fsp3) is 0.160. The number of carbonyl (C=O) groups is 1. The number of nitrogens with zero attached hydrogens (tertiary/aromatic N) is 1. The molecule has 2 N–H and O–H groups in total. The molecule has 0 aliphatic rings. The van der Waals surface area contributed by atoms with E-state index in [9.17, 15) is 9.59 Å². The van der Waals surface area contributed by atoms with Gasteiger partial charge in [0, 0.05) is 34.8 Å². The van der Waals surface area contributed by atoms with Crippen LogP contribution in [0.15, 0.2) is 77.6 Å². The third kappa shape index (κ3) is 5.17. The summed E-state index contributed by atoms with van der Waals surface area (Å²) in [5, 5.41) is 5.09. The first-order valence-corrected chi connectivity index (χ1v) is 10.2. The lowest BCUT2D eigenvalue weighted by molar-refractivity contribution is -0.116. The zero-order valence-electron chi connectivity index (χ0n) is 17.2. The van der Waals surface area contributed by atoms with Gasteiger partial charge in [0.1, 0.15) is 11.6 Å². The second kappa shape index (κ2) is 9.26. The van der Waals surface area contributed by atoms with E-state index in [0.717, 1.165) is 22.1 Å². The Morgan fingerprint density at radius 2 is 1.84 bits per heavy atom. The molecule has 6 nitrogen and oxygen atoms in total. The van der Waals surface area contributed by atoms with E-state index in [-0.39, 0.29) is 11.5 Å². The van der Waals surface area contributed by atoms with Gasteiger partial charge in [0.15, 0.2) is 0 Å². The van der Waals surface area contributed by atoms with Gasteiger partial charge in [0.2, 0.25) is 5.91 Å². The number of benzene rings is 3.